The molecule has 2 aliphatic rings. The zero-order valence-corrected chi connectivity index (χ0v) is 20.6. The second-order valence-corrected chi connectivity index (χ2v) is 11.0. The Kier molecular flexibility index (Phi) is 6.61. The van der Waals surface area contributed by atoms with Gasteiger partial charge < -0.3 is 4.90 Å². The monoisotopic (exact) mass is 497 g/mol. The van der Waals surface area contributed by atoms with Gasteiger partial charge in [-0.1, -0.05) is 38.1 Å². The Morgan fingerprint density at radius 1 is 0.857 bits per heavy atom. The van der Waals surface area contributed by atoms with Crippen molar-refractivity contribution >= 4 is 33.5 Å². The molecule has 2 aliphatic heterocycles. The standard InChI is InChI=1S/C25H27N3O6S/c1-16(2)22(28-23(30)20-9-4-5-10-21(20)24(28)31)25(32)26-11-13-27(14-12-26)35(33,34)19-8-6-7-18(15-19)17(3)29/h4-10,15-16,22H,11-14H2,1-3H3. The van der Waals surface area contributed by atoms with Gasteiger partial charge in [0.1, 0.15) is 6.04 Å². The molecule has 10 heteroatoms. The summed E-state index contributed by atoms with van der Waals surface area (Å²) in [5.41, 5.74) is 0.861. The molecule has 0 spiro atoms. The fraction of sp³-hybridized carbons (Fsp3) is 0.360. The largest absolute Gasteiger partial charge is 0.338 e. The molecule has 35 heavy (non-hydrogen) atoms. The van der Waals surface area contributed by atoms with Crippen LogP contribution in [0.15, 0.2) is 53.4 Å². The second-order valence-electron chi connectivity index (χ2n) is 9.03. The highest BCUT2D eigenvalue weighted by Crippen LogP contribution is 2.28. The quantitative estimate of drug-likeness (QED) is 0.446. The summed E-state index contributed by atoms with van der Waals surface area (Å²) in [5.74, 6) is -1.94. The first-order valence-corrected chi connectivity index (χ1v) is 12.8. The number of benzene rings is 2. The Morgan fingerprint density at radius 2 is 1.43 bits per heavy atom. The molecule has 2 aromatic carbocycles. The van der Waals surface area contributed by atoms with Crippen LogP contribution in [0.2, 0.25) is 0 Å². The average Bonchev–Trinajstić information content (AvgIpc) is 3.09. The number of carbonyl (C=O) groups is 4. The van der Waals surface area contributed by atoms with E-state index in [1.807, 2.05) is 0 Å². The van der Waals surface area contributed by atoms with Crippen molar-refractivity contribution in [1.82, 2.24) is 14.1 Å². The Bertz CT molecular complexity index is 1280. The lowest BCUT2D eigenvalue weighted by molar-refractivity contribution is -0.138. The van der Waals surface area contributed by atoms with E-state index in [1.165, 1.54) is 34.3 Å². The van der Waals surface area contributed by atoms with Crippen molar-refractivity contribution in [1.29, 1.82) is 0 Å². The number of amides is 3. The number of hydrogen-bond acceptors (Lipinski definition) is 6. The van der Waals surface area contributed by atoms with E-state index in [1.54, 1.807) is 44.2 Å². The first-order chi connectivity index (χ1) is 16.5. The van der Waals surface area contributed by atoms with Crippen molar-refractivity contribution in [3.63, 3.8) is 0 Å². The molecule has 2 aromatic rings. The van der Waals surface area contributed by atoms with Gasteiger partial charge in [0.2, 0.25) is 15.9 Å². The van der Waals surface area contributed by atoms with E-state index in [0.29, 0.717) is 5.56 Å². The van der Waals surface area contributed by atoms with Gasteiger partial charge in [-0.2, -0.15) is 4.31 Å². The Labute approximate surface area is 204 Å². The van der Waals surface area contributed by atoms with Crippen LogP contribution in [0.1, 0.15) is 51.8 Å². The van der Waals surface area contributed by atoms with Gasteiger partial charge in [-0.05, 0) is 37.1 Å². The molecule has 0 N–H and O–H groups in total. The first kappa shape index (κ1) is 24.7. The summed E-state index contributed by atoms with van der Waals surface area (Å²) in [7, 11) is -3.85. The number of imide groups is 1. The minimum absolute atomic E-state index is 0.0241. The summed E-state index contributed by atoms with van der Waals surface area (Å²) >= 11 is 0. The third kappa shape index (κ3) is 4.39. The predicted octanol–water partition coefficient (Wildman–Crippen LogP) is 2.04. The minimum Gasteiger partial charge on any atom is -0.338 e. The zero-order valence-electron chi connectivity index (χ0n) is 19.8. The molecule has 0 saturated carbocycles. The maximum Gasteiger partial charge on any atom is 0.262 e. The SMILES string of the molecule is CC(=O)c1cccc(S(=O)(=O)N2CCN(C(=O)C(C(C)C)N3C(=O)c4ccccc4C3=O)CC2)c1. The highest BCUT2D eigenvalue weighted by Gasteiger charge is 2.45. The third-order valence-electron chi connectivity index (χ3n) is 6.42. The lowest BCUT2D eigenvalue weighted by Crippen LogP contribution is -2.58. The van der Waals surface area contributed by atoms with Crippen LogP contribution < -0.4 is 0 Å². The van der Waals surface area contributed by atoms with Gasteiger partial charge in [-0.15, -0.1) is 0 Å². The lowest BCUT2D eigenvalue weighted by Gasteiger charge is -2.38. The predicted molar refractivity (Wildman–Crippen MR) is 127 cm³/mol. The van der Waals surface area contributed by atoms with Crippen molar-refractivity contribution in [2.45, 2.75) is 31.7 Å². The van der Waals surface area contributed by atoms with Gasteiger partial charge in [0.25, 0.3) is 11.8 Å². The molecule has 0 bridgehead atoms. The smallest absolute Gasteiger partial charge is 0.262 e. The molecule has 0 aliphatic carbocycles. The molecule has 1 unspecified atom stereocenters. The summed E-state index contributed by atoms with van der Waals surface area (Å²) in [4.78, 5) is 53.7. The fourth-order valence-corrected chi connectivity index (χ4v) is 5.98. The highest BCUT2D eigenvalue weighted by atomic mass is 32.2. The van der Waals surface area contributed by atoms with Crippen LogP contribution in [-0.4, -0.2) is 78.2 Å². The molecular formula is C25H27N3O6S. The number of rotatable bonds is 6. The molecule has 3 amide bonds. The number of ketones is 1. The molecule has 0 radical (unpaired) electrons. The van der Waals surface area contributed by atoms with Crippen molar-refractivity contribution < 1.29 is 27.6 Å². The maximum atomic E-state index is 13.5. The molecule has 0 aromatic heterocycles. The second kappa shape index (κ2) is 9.35. The Morgan fingerprint density at radius 3 is 1.94 bits per heavy atom. The van der Waals surface area contributed by atoms with Gasteiger partial charge in [0.05, 0.1) is 16.0 Å². The van der Waals surface area contributed by atoms with E-state index in [4.69, 9.17) is 0 Å². The molecule has 4 rings (SSSR count). The van der Waals surface area contributed by atoms with E-state index in [-0.39, 0.29) is 59.8 Å². The highest BCUT2D eigenvalue weighted by molar-refractivity contribution is 7.89. The van der Waals surface area contributed by atoms with Gasteiger partial charge in [-0.25, -0.2) is 8.42 Å². The maximum absolute atomic E-state index is 13.5. The molecular weight excluding hydrogens is 470 g/mol. The van der Waals surface area contributed by atoms with E-state index < -0.39 is 27.9 Å². The van der Waals surface area contributed by atoms with Crippen LogP contribution in [0.25, 0.3) is 0 Å². The first-order valence-electron chi connectivity index (χ1n) is 11.4. The van der Waals surface area contributed by atoms with E-state index in [9.17, 15) is 27.6 Å². The van der Waals surface area contributed by atoms with Crippen molar-refractivity contribution in [3.05, 3.63) is 65.2 Å². The van der Waals surface area contributed by atoms with Crippen LogP contribution in [0.3, 0.4) is 0 Å². The normalized spacial score (nSPS) is 17.6. The fourth-order valence-electron chi connectivity index (χ4n) is 4.51. The number of carbonyl (C=O) groups excluding carboxylic acids is 4. The van der Waals surface area contributed by atoms with Crippen LogP contribution in [0, 0.1) is 5.92 Å². The molecule has 1 saturated heterocycles. The number of piperazine rings is 1. The Balaban J connectivity index is 1.50. The molecule has 184 valence electrons. The summed E-state index contributed by atoms with van der Waals surface area (Å²) < 4.78 is 27.5. The van der Waals surface area contributed by atoms with Crippen molar-refractivity contribution in [3.8, 4) is 0 Å². The summed E-state index contributed by atoms with van der Waals surface area (Å²) in [6.45, 7) is 5.28. The number of hydrogen-bond donors (Lipinski definition) is 0. The van der Waals surface area contributed by atoms with Crippen LogP contribution in [-0.2, 0) is 14.8 Å². The number of nitrogens with zero attached hydrogens (tertiary/aromatic N) is 3. The van der Waals surface area contributed by atoms with Crippen molar-refractivity contribution in [2.75, 3.05) is 26.2 Å². The minimum atomic E-state index is -3.85. The molecule has 9 nitrogen and oxygen atoms in total. The topological polar surface area (TPSA) is 112 Å². The van der Waals surface area contributed by atoms with Gasteiger partial charge in [0, 0.05) is 31.7 Å². The van der Waals surface area contributed by atoms with E-state index >= 15 is 0 Å². The summed E-state index contributed by atoms with van der Waals surface area (Å²) in [6, 6.07) is 11.4. The Hall–Kier alpha value is -3.37. The summed E-state index contributed by atoms with van der Waals surface area (Å²) in [6.07, 6.45) is 0. The number of fused-ring (bicyclic) bond motifs is 1. The zero-order chi connectivity index (χ0) is 25.5. The summed E-state index contributed by atoms with van der Waals surface area (Å²) in [5, 5.41) is 0. The molecule has 1 fully saturated rings. The average molecular weight is 498 g/mol. The van der Waals surface area contributed by atoms with Crippen LogP contribution in [0.5, 0.6) is 0 Å². The van der Waals surface area contributed by atoms with Crippen LogP contribution >= 0.6 is 0 Å². The number of sulfonamides is 1. The number of Topliss-reactive ketones (excluding diaryl/α,β-unsaturated/α-hetero) is 1. The molecule has 1 atom stereocenters. The van der Waals surface area contributed by atoms with E-state index in [0.717, 1.165) is 4.90 Å². The van der Waals surface area contributed by atoms with E-state index in [2.05, 4.69) is 0 Å². The van der Waals surface area contributed by atoms with Gasteiger partial charge >= 0.3 is 0 Å². The molecule has 2 heterocycles. The van der Waals surface area contributed by atoms with Gasteiger partial charge in [0.15, 0.2) is 5.78 Å². The third-order valence-corrected chi connectivity index (χ3v) is 8.31. The van der Waals surface area contributed by atoms with Crippen LogP contribution in [0.4, 0.5) is 0 Å². The van der Waals surface area contributed by atoms with Crippen molar-refractivity contribution in [2.24, 2.45) is 5.92 Å². The lowest BCUT2D eigenvalue weighted by atomic mass is 10.0. The van der Waals surface area contributed by atoms with Gasteiger partial charge in [-0.3, -0.25) is 24.1 Å².